The molecule has 0 radical (unpaired) electrons. The van der Waals surface area contributed by atoms with Crippen LogP contribution in [0.5, 0.6) is 0 Å². The Kier molecular flexibility index (Phi) is 5.77. The summed E-state index contributed by atoms with van der Waals surface area (Å²) in [6, 6.07) is 15.3. The van der Waals surface area contributed by atoms with Gasteiger partial charge >= 0.3 is 0 Å². The molecule has 1 heterocycles. The summed E-state index contributed by atoms with van der Waals surface area (Å²) in [5.41, 5.74) is 2.49. The smallest absolute Gasteiger partial charge is 0.229 e. The van der Waals surface area contributed by atoms with Crippen molar-refractivity contribution >= 4 is 52.4 Å². The number of halogens is 1. The van der Waals surface area contributed by atoms with E-state index in [9.17, 15) is 4.79 Å². The van der Waals surface area contributed by atoms with Crippen LogP contribution in [0.15, 0.2) is 48.5 Å². The Morgan fingerprint density at radius 2 is 1.60 bits per heavy atom. The van der Waals surface area contributed by atoms with E-state index in [1.807, 2.05) is 67.5 Å². The molecule has 0 saturated heterocycles. The fraction of sp³-hybridized carbons (Fsp3) is 0.167. The van der Waals surface area contributed by atoms with Crippen LogP contribution in [0.25, 0.3) is 10.9 Å². The molecule has 0 saturated carbocycles. The third-order valence-electron chi connectivity index (χ3n) is 3.47. The molecule has 0 aliphatic rings. The number of anilines is 4. The van der Waals surface area contributed by atoms with E-state index >= 15 is 0 Å². The highest BCUT2D eigenvalue weighted by Crippen LogP contribution is 2.25. The molecule has 6 nitrogen and oxygen atoms in total. The predicted molar refractivity (Wildman–Crippen MR) is 105 cm³/mol. The van der Waals surface area contributed by atoms with Crippen LogP contribution in [0.1, 0.15) is 6.92 Å². The van der Waals surface area contributed by atoms with E-state index < -0.39 is 0 Å². The van der Waals surface area contributed by atoms with Crippen molar-refractivity contribution in [2.24, 2.45) is 0 Å². The molecular formula is C18H20ClN5O. The van der Waals surface area contributed by atoms with Crippen LogP contribution in [-0.4, -0.2) is 30.0 Å². The summed E-state index contributed by atoms with van der Waals surface area (Å²) in [6.45, 7) is 1.48. The van der Waals surface area contributed by atoms with Crippen LogP contribution in [0.3, 0.4) is 0 Å². The van der Waals surface area contributed by atoms with Gasteiger partial charge in [-0.25, -0.2) is 4.98 Å². The number of carbonyl (C=O) groups is 1. The molecule has 0 bridgehead atoms. The third-order valence-corrected chi connectivity index (χ3v) is 3.47. The Morgan fingerprint density at radius 3 is 2.24 bits per heavy atom. The van der Waals surface area contributed by atoms with Gasteiger partial charge in [0.05, 0.1) is 5.52 Å². The molecule has 130 valence electrons. The van der Waals surface area contributed by atoms with Gasteiger partial charge in [0.15, 0.2) is 0 Å². The number of fused-ring (bicyclic) bond motifs is 1. The van der Waals surface area contributed by atoms with Crippen molar-refractivity contribution in [2.75, 3.05) is 29.6 Å². The van der Waals surface area contributed by atoms with Crippen LogP contribution >= 0.6 is 12.4 Å². The summed E-state index contributed by atoms with van der Waals surface area (Å²) >= 11 is 0. The van der Waals surface area contributed by atoms with E-state index in [0.717, 1.165) is 28.1 Å². The van der Waals surface area contributed by atoms with Crippen molar-refractivity contribution in [3.05, 3.63) is 48.5 Å². The topological polar surface area (TPSA) is 70.2 Å². The first-order chi connectivity index (χ1) is 11.5. The van der Waals surface area contributed by atoms with E-state index in [-0.39, 0.29) is 18.3 Å². The Bertz CT molecular complexity index is 880. The lowest BCUT2D eigenvalue weighted by molar-refractivity contribution is -0.114. The van der Waals surface area contributed by atoms with Crippen LogP contribution in [0.4, 0.5) is 23.1 Å². The van der Waals surface area contributed by atoms with Crippen molar-refractivity contribution in [3.63, 3.8) is 0 Å². The van der Waals surface area contributed by atoms with Gasteiger partial charge in [-0.2, -0.15) is 4.98 Å². The molecule has 1 amide bonds. The van der Waals surface area contributed by atoms with Crippen LogP contribution in [0, 0.1) is 0 Å². The van der Waals surface area contributed by atoms with Gasteiger partial charge in [0.2, 0.25) is 11.9 Å². The summed E-state index contributed by atoms with van der Waals surface area (Å²) in [5, 5.41) is 6.96. The van der Waals surface area contributed by atoms with Gasteiger partial charge in [-0.15, -0.1) is 12.4 Å². The van der Waals surface area contributed by atoms with E-state index in [1.54, 1.807) is 0 Å². The number of carbonyl (C=O) groups excluding carboxylic acids is 1. The first-order valence-corrected chi connectivity index (χ1v) is 7.62. The number of nitrogens with one attached hydrogen (secondary N) is 2. The Labute approximate surface area is 152 Å². The second kappa shape index (κ2) is 7.81. The first kappa shape index (κ1) is 18.5. The van der Waals surface area contributed by atoms with Gasteiger partial charge in [-0.3, -0.25) is 4.79 Å². The number of nitrogens with zero attached hydrogens (tertiary/aromatic N) is 3. The Hall–Kier alpha value is -2.86. The van der Waals surface area contributed by atoms with Gasteiger partial charge < -0.3 is 15.5 Å². The molecule has 2 aromatic carbocycles. The van der Waals surface area contributed by atoms with Crippen molar-refractivity contribution in [3.8, 4) is 0 Å². The SMILES string of the molecule is CC(=O)Nc1ccc(Nc2nc(N(C)C)c3ccccc3n2)cc1.Cl. The number of para-hydroxylation sites is 1. The van der Waals surface area contributed by atoms with E-state index in [4.69, 9.17) is 0 Å². The Balaban J connectivity index is 0.00000225. The van der Waals surface area contributed by atoms with Gasteiger partial charge in [0, 0.05) is 37.8 Å². The molecule has 0 spiro atoms. The van der Waals surface area contributed by atoms with Crippen LogP contribution in [0.2, 0.25) is 0 Å². The summed E-state index contributed by atoms with van der Waals surface area (Å²) in [4.78, 5) is 22.2. The van der Waals surface area contributed by atoms with E-state index in [0.29, 0.717) is 5.95 Å². The number of hydrogen-bond donors (Lipinski definition) is 2. The largest absolute Gasteiger partial charge is 0.362 e. The fourth-order valence-electron chi connectivity index (χ4n) is 2.43. The average molecular weight is 358 g/mol. The maximum atomic E-state index is 11.1. The minimum Gasteiger partial charge on any atom is -0.362 e. The van der Waals surface area contributed by atoms with Crippen molar-refractivity contribution in [1.82, 2.24) is 9.97 Å². The fourth-order valence-corrected chi connectivity index (χ4v) is 2.43. The van der Waals surface area contributed by atoms with E-state index in [2.05, 4.69) is 20.6 Å². The highest BCUT2D eigenvalue weighted by molar-refractivity contribution is 5.91. The molecule has 3 rings (SSSR count). The highest BCUT2D eigenvalue weighted by atomic mass is 35.5. The molecule has 2 N–H and O–H groups in total. The molecule has 3 aromatic rings. The van der Waals surface area contributed by atoms with Crippen molar-refractivity contribution < 1.29 is 4.79 Å². The lowest BCUT2D eigenvalue weighted by atomic mass is 10.2. The first-order valence-electron chi connectivity index (χ1n) is 7.62. The third kappa shape index (κ3) is 4.36. The molecule has 25 heavy (non-hydrogen) atoms. The molecule has 0 aliphatic carbocycles. The molecule has 0 aliphatic heterocycles. The summed E-state index contributed by atoms with van der Waals surface area (Å²) < 4.78 is 0. The summed E-state index contributed by atoms with van der Waals surface area (Å²) in [7, 11) is 3.92. The molecule has 7 heteroatoms. The van der Waals surface area contributed by atoms with Gasteiger partial charge in [-0.1, -0.05) is 12.1 Å². The van der Waals surface area contributed by atoms with Gasteiger partial charge in [0.1, 0.15) is 5.82 Å². The quantitative estimate of drug-likeness (QED) is 0.742. The number of rotatable bonds is 4. The lowest BCUT2D eigenvalue weighted by Gasteiger charge is -2.16. The monoisotopic (exact) mass is 357 g/mol. The zero-order valence-electron chi connectivity index (χ0n) is 14.3. The predicted octanol–water partition coefficient (Wildman–Crippen LogP) is 3.82. The highest BCUT2D eigenvalue weighted by Gasteiger charge is 2.09. The molecule has 0 unspecified atom stereocenters. The number of amides is 1. The van der Waals surface area contributed by atoms with Gasteiger partial charge in [0.25, 0.3) is 0 Å². The number of benzene rings is 2. The second-order valence-corrected chi connectivity index (χ2v) is 5.67. The maximum absolute atomic E-state index is 11.1. The minimum atomic E-state index is -0.0933. The van der Waals surface area contributed by atoms with Gasteiger partial charge in [-0.05, 0) is 36.4 Å². The molecule has 0 fully saturated rings. The normalized spacial score (nSPS) is 10.0. The van der Waals surface area contributed by atoms with E-state index in [1.165, 1.54) is 6.92 Å². The average Bonchev–Trinajstić information content (AvgIpc) is 2.55. The summed E-state index contributed by atoms with van der Waals surface area (Å²) in [5.74, 6) is 1.30. The lowest BCUT2D eigenvalue weighted by Crippen LogP contribution is -2.13. The summed E-state index contributed by atoms with van der Waals surface area (Å²) in [6.07, 6.45) is 0. The van der Waals surface area contributed by atoms with Crippen molar-refractivity contribution in [2.45, 2.75) is 6.92 Å². The second-order valence-electron chi connectivity index (χ2n) is 5.67. The number of aromatic nitrogens is 2. The van der Waals surface area contributed by atoms with Crippen LogP contribution < -0.4 is 15.5 Å². The Morgan fingerprint density at radius 1 is 0.960 bits per heavy atom. The zero-order valence-corrected chi connectivity index (χ0v) is 15.1. The molecular weight excluding hydrogens is 338 g/mol. The zero-order chi connectivity index (χ0) is 17.1. The minimum absolute atomic E-state index is 0. The van der Waals surface area contributed by atoms with Crippen molar-refractivity contribution in [1.29, 1.82) is 0 Å². The van der Waals surface area contributed by atoms with Crippen LogP contribution in [-0.2, 0) is 4.79 Å². The number of hydrogen-bond acceptors (Lipinski definition) is 5. The molecule has 0 atom stereocenters. The standard InChI is InChI=1S/C18H19N5O.ClH/c1-12(24)19-13-8-10-14(11-9-13)20-18-21-16-7-5-4-6-15(16)17(22-18)23(2)3;/h4-11H,1-3H3,(H,19,24)(H,20,21,22);1H. The molecule has 1 aromatic heterocycles. The maximum Gasteiger partial charge on any atom is 0.229 e.